The molecule has 2 aromatic rings. The normalized spacial score (nSPS) is 26.5. The van der Waals surface area contributed by atoms with Gasteiger partial charge >= 0.3 is 0 Å². The quantitative estimate of drug-likeness (QED) is 0.813. The molecule has 1 spiro atoms. The van der Waals surface area contributed by atoms with Gasteiger partial charge in [-0.1, -0.05) is 0 Å². The van der Waals surface area contributed by atoms with Gasteiger partial charge in [-0.05, 0) is 45.7 Å². The van der Waals surface area contributed by atoms with Crippen LogP contribution in [0.4, 0.5) is 5.82 Å². The largest absolute Gasteiger partial charge is 0.459 e. The summed E-state index contributed by atoms with van der Waals surface area (Å²) in [5.41, 5.74) is 0.919. The number of furan rings is 1. The number of aryl methyl sites for hydroxylation is 1. The van der Waals surface area contributed by atoms with Crippen LogP contribution in [0.15, 0.2) is 29.1 Å². The second kappa shape index (κ2) is 7.42. The summed E-state index contributed by atoms with van der Waals surface area (Å²) in [7, 11) is 0. The fourth-order valence-electron chi connectivity index (χ4n) is 4.43. The highest BCUT2D eigenvalue weighted by atomic mass is 16.5. The van der Waals surface area contributed by atoms with Gasteiger partial charge in [0, 0.05) is 30.8 Å². The Balaban J connectivity index is 1.46. The van der Waals surface area contributed by atoms with E-state index in [0.29, 0.717) is 6.42 Å². The lowest BCUT2D eigenvalue weighted by molar-refractivity contribution is -0.167. The van der Waals surface area contributed by atoms with Crippen molar-refractivity contribution in [1.82, 2.24) is 15.3 Å². The molecule has 4 heterocycles. The van der Waals surface area contributed by atoms with E-state index in [0.717, 1.165) is 43.0 Å². The van der Waals surface area contributed by atoms with Crippen molar-refractivity contribution < 1.29 is 19.1 Å². The molecule has 2 atom stereocenters. The number of rotatable bonds is 3. The van der Waals surface area contributed by atoms with Crippen LogP contribution in [0.25, 0.3) is 0 Å². The Morgan fingerprint density at radius 3 is 2.76 bits per heavy atom. The van der Waals surface area contributed by atoms with E-state index >= 15 is 0 Å². The zero-order valence-electron chi connectivity index (χ0n) is 17.1. The molecule has 0 unspecified atom stereocenters. The van der Waals surface area contributed by atoms with Crippen molar-refractivity contribution in [1.29, 1.82) is 0 Å². The zero-order chi connectivity index (χ0) is 20.6. The molecule has 2 fully saturated rings. The second-order valence-electron chi connectivity index (χ2n) is 8.43. The van der Waals surface area contributed by atoms with E-state index in [1.54, 1.807) is 18.5 Å². The predicted molar refractivity (Wildman–Crippen MR) is 107 cm³/mol. The molecule has 0 bridgehead atoms. The molecule has 8 heteroatoms. The third kappa shape index (κ3) is 3.74. The summed E-state index contributed by atoms with van der Waals surface area (Å²) in [6, 6.07) is 3.29. The topological polar surface area (TPSA) is 101 Å². The minimum Gasteiger partial charge on any atom is -0.459 e. The molecular weight excluding hydrogens is 372 g/mol. The van der Waals surface area contributed by atoms with E-state index in [-0.39, 0.29) is 23.9 Å². The molecule has 2 aromatic heterocycles. The summed E-state index contributed by atoms with van der Waals surface area (Å²) in [6.45, 7) is 7.72. The SMILES string of the molecule is Cc1ncnc(N2CCC3(CC2)C[C@@](C)(NC(=O)c2ccco2)[C@H](O)CO3)c1C. The summed E-state index contributed by atoms with van der Waals surface area (Å²) in [6.07, 6.45) is 4.44. The van der Waals surface area contributed by atoms with E-state index in [1.807, 2.05) is 20.8 Å². The average molecular weight is 400 g/mol. The molecule has 2 aliphatic heterocycles. The molecule has 2 aliphatic rings. The Kier molecular flexibility index (Phi) is 5.08. The molecule has 156 valence electrons. The van der Waals surface area contributed by atoms with Crippen molar-refractivity contribution in [3.8, 4) is 0 Å². The van der Waals surface area contributed by atoms with E-state index < -0.39 is 11.6 Å². The van der Waals surface area contributed by atoms with Gasteiger partial charge in [-0.25, -0.2) is 9.97 Å². The first kappa shape index (κ1) is 19.8. The zero-order valence-corrected chi connectivity index (χ0v) is 17.1. The first-order chi connectivity index (χ1) is 13.8. The number of nitrogens with one attached hydrogen (secondary N) is 1. The van der Waals surface area contributed by atoms with Crippen molar-refractivity contribution in [2.24, 2.45) is 0 Å². The fourth-order valence-corrected chi connectivity index (χ4v) is 4.43. The Hall–Kier alpha value is -2.45. The number of carbonyl (C=O) groups is 1. The van der Waals surface area contributed by atoms with Crippen LogP contribution in [0.5, 0.6) is 0 Å². The molecule has 2 N–H and O–H groups in total. The van der Waals surface area contributed by atoms with Crippen LogP contribution in [-0.2, 0) is 4.74 Å². The average Bonchev–Trinajstić information content (AvgIpc) is 3.23. The number of amides is 1. The predicted octanol–water partition coefficient (Wildman–Crippen LogP) is 2.00. The van der Waals surface area contributed by atoms with Crippen molar-refractivity contribution in [3.05, 3.63) is 41.7 Å². The van der Waals surface area contributed by atoms with E-state index in [2.05, 4.69) is 20.2 Å². The number of nitrogens with zero attached hydrogens (tertiary/aromatic N) is 3. The van der Waals surface area contributed by atoms with Gasteiger partial charge in [0.1, 0.15) is 18.2 Å². The number of ether oxygens (including phenoxy) is 1. The monoisotopic (exact) mass is 400 g/mol. The van der Waals surface area contributed by atoms with Crippen LogP contribution < -0.4 is 10.2 Å². The highest BCUT2D eigenvalue weighted by molar-refractivity contribution is 5.92. The molecule has 0 aromatic carbocycles. The smallest absolute Gasteiger partial charge is 0.287 e. The number of piperidine rings is 1. The maximum absolute atomic E-state index is 12.5. The van der Waals surface area contributed by atoms with E-state index in [9.17, 15) is 9.90 Å². The number of anilines is 1. The number of hydrogen-bond acceptors (Lipinski definition) is 7. The molecule has 29 heavy (non-hydrogen) atoms. The van der Waals surface area contributed by atoms with Gasteiger partial charge < -0.3 is 24.5 Å². The number of aromatic nitrogens is 2. The summed E-state index contributed by atoms with van der Waals surface area (Å²) in [5, 5.41) is 13.6. The highest BCUT2D eigenvalue weighted by Gasteiger charge is 2.50. The van der Waals surface area contributed by atoms with Crippen molar-refractivity contribution >= 4 is 11.7 Å². The molecule has 8 nitrogen and oxygen atoms in total. The first-order valence-electron chi connectivity index (χ1n) is 10.0. The molecule has 0 saturated carbocycles. The van der Waals surface area contributed by atoms with E-state index in [4.69, 9.17) is 9.15 Å². The van der Waals surface area contributed by atoms with Crippen molar-refractivity contribution in [2.75, 3.05) is 24.6 Å². The maximum Gasteiger partial charge on any atom is 0.287 e. The van der Waals surface area contributed by atoms with E-state index in [1.165, 1.54) is 6.26 Å². The molecule has 0 aliphatic carbocycles. The van der Waals surface area contributed by atoms with Gasteiger partial charge in [-0.2, -0.15) is 0 Å². The van der Waals surface area contributed by atoms with Gasteiger partial charge in [0.2, 0.25) is 0 Å². The molecule has 1 amide bonds. The van der Waals surface area contributed by atoms with Crippen molar-refractivity contribution in [2.45, 2.75) is 57.3 Å². The minimum atomic E-state index is -0.786. The lowest BCUT2D eigenvalue weighted by Crippen LogP contribution is -2.65. The Morgan fingerprint density at radius 2 is 2.07 bits per heavy atom. The van der Waals surface area contributed by atoms with Crippen LogP contribution in [0.1, 0.15) is 48.0 Å². The lowest BCUT2D eigenvalue weighted by Gasteiger charge is -2.52. The Labute approximate surface area is 170 Å². The first-order valence-corrected chi connectivity index (χ1v) is 10.0. The van der Waals surface area contributed by atoms with Crippen LogP contribution in [0.3, 0.4) is 0 Å². The van der Waals surface area contributed by atoms with Crippen LogP contribution in [0, 0.1) is 13.8 Å². The Morgan fingerprint density at radius 1 is 1.31 bits per heavy atom. The van der Waals surface area contributed by atoms with Gasteiger partial charge in [-0.3, -0.25) is 4.79 Å². The third-order valence-electron chi connectivity index (χ3n) is 6.40. The standard InChI is InChI=1S/C21H28N4O4/c1-14-15(2)22-13-23-18(14)25-8-6-21(7-9-25)12-20(3,17(26)11-29-21)24-19(27)16-5-4-10-28-16/h4-5,10,13,17,26H,6-9,11-12H2,1-3H3,(H,24,27)/t17-,20-/m1/s1. The van der Waals surface area contributed by atoms with Gasteiger partial charge in [0.25, 0.3) is 5.91 Å². The molecular formula is C21H28N4O4. The number of carbonyl (C=O) groups excluding carboxylic acids is 1. The van der Waals surface area contributed by atoms with Gasteiger partial charge in [-0.15, -0.1) is 0 Å². The number of hydrogen-bond donors (Lipinski definition) is 2. The van der Waals surface area contributed by atoms with Gasteiger partial charge in [0.15, 0.2) is 5.76 Å². The summed E-state index contributed by atoms with van der Waals surface area (Å²) in [4.78, 5) is 23.5. The fraction of sp³-hybridized carbons (Fsp3) is 0.571. The number of aliphatic hydroxyl groups is 1. The van der Waals surface area contributed by atoms with Crippen LogP contribution in [-0.4, -0.2) is 57.9 Å². The van der Waals surface area contributed by atoms with Gasteiger partial charge in [0.05, 0.1) is 24.0 Å². The number of aliphatic hydroxyl groups excluding tert-OH is 1. The van der Waals surface area contributed by atoms with Crippen LogP contribution in [0.2, 0.25) is 0 Å². The third-order valence-corrected chi connectivity index (χ3v) is 6.40. The highest BCUT2D eigenvalue weighted by Crippen LogP contribution is 2.40. The minimum absolute atomic E-state index is 0.195. The van der Waals surface area contributed by atoms with Crippen LogP contribution >= 0.6 is 0 Å². The molecule has 4 rings (SSSR count). The second-order valence-corrected chi connectivity index (χ2v) is 8.43. The van der Waals surface area contributed by atoms with Crippen molar-refractivity contribution in [3.63, 3.8) is 0 Å². The molecule has 0 radical (unpaired) electrons. The summed E-state index contributed by atoms with van der Waals surface area (Å²) >= 11 is 0. The lowest BCUT2D eigenvalue weighted by atomic mass is 9.74. The molecule has 2 saturated heterocycles. The summed E-state index contributed by atoms with van der Waals surface area (Å²) < 4.78 is 11.3. The summed E-state index contributed by atoms with van der Waals surface area (Å²) in [5.74, 6) is 0.888. The maximum atomic E-state index is 12.5. The Bertz CT molecular complexity index is 877.